The molecule has 0 aliphatic carbocycles. The van der Waals surface area contributed by atoms with Crippen LogP contribution in [0.25, 0.3) is 17.1 Å². The maximum Gasteiger partial charge on any atom is 0.272 e. The van der Waals surface area contributed by atoms with E-state index in [2.05, 4.69) is 15.7 Å². The lowest BCUT2D eigenvalue weighted by molar-refractivity contribution is 0.0924. The van der Waals surface area contributed by atoms with E-state index in [1.54, 1.807) is 35.2 Å². The first-order chi connectivity index (χ1) is 12.7. The van der Waals surface area contributed by atoms with Gasteiger partial charge in [-0.25, -0.2) is 4.68 Å². The fourth-order valence-corrected chi connectivity index (χ4v) is 3.31. The molecule has 3 heterocycles. The van der Waals surface area contributed by atoms with Crippen molar-refractivity contribution in [1.29, 1.82) is 0 Å². The summed E-state index contributed by atoms with van der Waals surface area (Å²) in [6, 6.07) is 12.9. The van der Waals surface area contributed by atoms with E-state index in [1.165, 1.54) is 0 Å². The summed E-state index contributed by atoms with van der Waals surface area (Å²) in [5, 5.41) is 11.5. The predicted molar refractivity (Wildman–Crippen MR) is 99.6 cm³/mol. The van der Waals surface area contributed by atoms with Gasteiger partial charge in [0.25, 0.3) is 5.91 Å². The van der Waals surface area contributed by atoms with E-state index in [1.807, 2.05) is 18.2 Å². The molecule has 1 saturated heterocycles. The van der Waals surface area contributed by atoms with Gasteiger partial charge in [-0.3, -0.25) is 4.79 Å². The fourth-order valence-electron chi connectivity index (χ4n) is 3.12. The van der Waals surface area contributed by atoms with Gasteiger partial charge < -0.3 is 15.1 Å². The average Bonchev–Trinajstić information content (AvgIpc) is 3.32. The largest absolute Gasteiger partial charge is 0.463 e. The van der Waals surface area contributed by atoms with Gasteiger partial charge in [-0.05, 0) is 56.3 Å². The molecule has 0 spiro atoms. The molecule has 2 N–H and O–H groups in total. The van der Waals surface area contributed by atoms with Crippen LogP contribution in [0.4, 0.5) is 0 Å². The van der Waals surface area contributed by atoms with Crippen LogP contribution in [0.15, 0.2) is 53.1 Å². The summed E-state index contributed by atoms with van der Waals surface area (Å²) < 4.78 is 7.20. The molecule has 1 aromatic carbocycles. The molecule has 0 bridgehead atoms. The molecule has 0 saturated carbocycles. The van der Waals surface area contributed by atoms with Crippen molar-refractivity contribution in [1.82, 2.24) is 20.4 Å². The molecular weight excluding hydrogens is 352 g/mol. The van der Waals surface area contributed by atoms with E-state index in [-0.39, 0.29) is 11.9 Å². The van der Waals surface area contributed by atoms with Crippen LogP contribution in [0.2, 0.25) is 5.02 Å². The molecule has 0 atom stereocenters. The maximum absolute atomic E-state index is 12.7. The van der Waals surface area contributed by atoms with E-state index >= 15 is 0 Å². The summed E-state index contributed by atoms with van der Waals surface area (Å²) in [6.45, 7) is 1.83. The van der Waals surface area contributed by atoms with Crippen molar-refractivity contribution in [2.45, 2.75) is 18.9 Å². The van der Waals surface area contributed by atoms with E-state index in [9.17, 15) is 4.79 Å². The topological polar surface area (TPSA) is 72.1 Å². The highest BCUT2D eigenvalue weighted by Gasteiger charge is 2.21. The molecule has 4 rings (SSSR count). The fraction of sp³-hybridized carbons (Fsp3) is 0.263. The van der Waals surface area contributed by atoms with Gasteiger partial charge in [0, 0.05) is 17.1 Å². The lowest BCUT2D eigenvalue weighted by Gasteiger charge is -2.23. The van der Waals surface area contributed by atoms with Crippen molar-refractivity contribution in [3.8, 4) is 17.1 Å². The highest BCUT2D eigenvalue weighted by molar-refractivity contribution is 6.30. The Bertz CT molecular complexity index is 898. The Hall–Kier alpha value is -2.57. The number of furan rings is 1. The third-order valence-corrected chi connectivity index (χ3v) is 4.68. The number of hydrogen-bond donors (Lipinski definition) is 2. The lowest BCUT2D eigenvalue weighted by Crippen LogP contribution is -2.42. The molecule has 7 heteroatoms. The second kappa shape index (κ2) is 7.35. The van der Waals surface area contributed by atoms with E-state index in [0.717, 1.165) is 31.6 Å². The van der Waals surface area contributed by atoms with E-state index < -0.39 is 0 Å². The zero-order chi connectivity index (χ0) is 17.9. The number of amides is 1. The van der Waals surface area contributed by atoms with Gasteiger partial charge in [-0.2, -0.15) is 5.10 Å². The Morgan fingerprint density at radius 3 is 2.81 bits per heavy atom. The molecule has 3 aromatic rings. The number of carbonyl (C=O) groups excluding carboxylic acids is 1. The van der Waals surface area contributed by atoms with Gasteiger partial charge in [-0.1, -0.05) is 17.7 Å². The summed E-state index contributed by atoms with van der Waals surface area (Å²) in [4.78, 5) is 12.7. The molecule has 1 fully saturated rings. The minimum atomic E-state index is -0.175. The Balaban J connectivity index is 1.68. The van der Waals surface area contributed by atoms with Crippen molar-refractivity contribution in [2.75, 3.05) is 13.1 Å². The zero-order valence-corrected chi connectivity index (χ0v) is 14.9. The van der Waals surface area contributed by atoms with E-state index in [4.69, 9.17) is 16.0 Å². The minimum absolute atomic E-state index is 0.173. The third-order valence-electron chi connectivity index (χ3n) is 4.44. The number of aromatic nitrogens is 2. The van der Waals surface area contributed by atoms with Gasteiger partial charge >= 0.3 is 0 Å². The van der Waals surface area contributed by atoms with Crippen LogP contribution in [0.1, 0.15) is 23.3 Å². The first-order valence-electron chi connectivity index (χ1n) is 8.62. The molecule has 0 unspecified atom stereocenters. The number of hydrogen-bond acceptors (Lipinski definition) is 4. The van der Waals surface area contributed by atoms with Crippen molar-refractivity contribution in [2.24, 2.45) is 0 Å². The van der Waals surface area contributed by atoms with Crippen molar-refractivity contribution < 1.29 is 9.21 Å². The number of benzene rings is 1. The van der Waals surface area contributed by atoms with Gasteiger partial charge in [0.05, 0.1) is 12.0 Å². The van der Waals surface area contributed by atoms with Crippen LogP contribution >= 0.6 is 11.6 Å². The quantitative estimate of drug-likeness (QED) is 0.739. The van der Waals surface area contributed by atoms with Crippen LogP contribution in [-0.4, -0.2) is 34.8 Å². The smallest absolute Gasteiger partial charge is 0.272 e. The van der Waals surface area contributed by atoms with Crippen LogP contribution in [-0.2, 0) is 0 Å². The molecule has 134 valence electrons. The van der Waals surface area contributed by atoms with Crippen LogP contribution in [0, 0.1) is 0 Å². The van der Waals surface area contributed by atoms with Gasteiger partial charge in [0.15, 0.2) is 11.5 Å². The lowest BCUT2D eigenvalue weighted by atomic mass is 10.1. The number of rotatable bonds is 4. The Morgan fingerprint density at radius 1 is 1.23 bits per heavy atom. The van der Waals surface area contributed by atoms with Gasteiger partial charge in [0.2, 0.25) is 0 Å². The molecule has 1 amide bonds. The van der Waals surface area contributed by atoms with Crippen LogP contribution < -0.4 is 10.6 Å². The van der Waals surface area contributed by atoms with E-state index in [0.29, 0.717) is 22.2 Å². The number of carbonyl (C=O) groups is 1. The second-order valence-electron chi connectivity index (χ2n) is 6.28. The van der Waals surface area contributed by atoms with Crippen molar-refractivity contribution in [3.63, 3.8) is 0 Å². The molecule has 26 heavy (non-hydrogen) atoms. The Kier molecular flexibility index (Phi) is 4.77. The molecular formula is C19H19ClN4O2. The monoisotopic (exact) mass is 370 g/mol. The molecule has 0 radical (unpaired) electrons. The van der Waals surface area contributed by atoms with Gasteiger partial charge in [-0.15, -0.1) is 0 Å². The summed E-state index contributed by atoms with van der Waals surface area (Å²) in [5.41, 5.74) is 1.83. The number of nitrogens with one attached hydrogen (secondary N) is 2. The standard InChI is InChI=1S/C19H19ClN4O2/c20-13-3-1-4-15(11-13)24-17(18-5-2-10-26-18)12-16(23-24)19(25)22-14-6-8-21-9-7-14/h1-5,10-12,14,21H,6-9H2,(H,22,25). The summed E-state index contributed by atoms with van der Waals surface area (Å²) in [6.07, 6.45) is 3.44. The second-order valence-corrected chi connectivity index (χ2v) is 6.72. The highest BCUT2D eigenvalue weighted by Crippen LogP contribution is 2.26. The predicted octanol–water partition coefficient (Wildman–Crippen LogP) is 3.27. The van der Waals surface area contributed by atoms with Crippen molar-refractivity contribution in [3.05, 3.63) is 59.4 Å². The zero-order valence-electron chi connectivity index (χ0n) is 14.1. The molecule has 2 aromatic heterocycles. The Morgan fingerprint density at radius 2 is 2.08 bits per heavy atom. The summed E-state index contributed by atoms with van der Waals surface area (Å²) in [5.74, 6) is 0.462. The minimum Gasteiger partial charge on any atom is -0.463 e. The normalized spacial score (nSPS) is 15.1. The summed E-state index contributed by atoms with van der Waals surface area (Å²) in [7, 11) is 0. The Labute approximate surface area is 156 Å². The number of piperidine rings is 1. The molecule has 1 aliphatic heterocycles. The maximum atomic E-state index is 12.7. The highest BCUT2D eigenvalue weighted by atomic mass is 35.5. The summed E-state index contributed by atoms with van der Waals surface area (Å²) >= 11 is 6.12. The molecule has 6 nitrogen and oxygen atoms in total. The van der Waals surface area contributed by atoms with Crippen LogP contribution in [0.5, 0.6) is 0 Å². The molecule has 1 aliphatic rings. The number of nitrogens with zero attached hydrogens (tertiary/aromatic N) is 2. The van der Waals surface area contributed by atoms with Crippen molar-refractivity contribution >= 4 is 17.5 Å². The first-order valence-corrected chi connectivity index (χ1v) is 9.00. The van der Waals surface area contributed by atoms with Crippen LogP contribution in [0.3, 0.4) is 0 Å². The average molecular weight is 371 g/mol. The number of halogens is 1. The first kappa shape index (κ1) is 16.9. The van der Waals surface area contributed by atoms with Gasteiger partial charge in [0.1, 0.15) is 5.69 Å². The third kappa shape index (κ3) is 3.52. The SMILES string of the molecule is O=C(NC1CCNCC1)c1cc(-c2ccco2)n(-c2cccc(Cl)c2)n1.